The molecule has 0 spiro atoms. The van der Waals surface area contributed by atoms with Crippen LogP contribution in [-0.2, 0) is 0 Å². The maximum absolute atomic E-state index is 12.4. The summed E-state index contributed by atoms with van der Waals surface area (Å²) in [4.78, 5) is 14.1. The van der Waals surface area contributed by atoms with Crippen molar-refractivity contribution in [1.82, 2.24) is 0 Å². The second kappa shape index (κ2) is 6.28. The predicted octanol–water partition coefficient (Wildman–Crippen LogP) is 4.42. The zero-order chi connectivity index (χ0) is 15.5. The van der Waals surface area contributed by atoms with E-state index in [4.69, 9.17) is 9.47 Å². The highest BCUT2D eigenvalue weighted by Gasteiger charge is 2.25. The molecule has 0 aliphatic carbocycles. The molecule has 0 N–H and O–H groups in total. The van der Waals surface area contributed by atoms with Crippen LogP contribution in [0.1, 0.15) is 22.8 Å². The molecule has 0 aromatic heterocycles. The minimum Gasteiger partial charge on any atom is -0.493 e. The number of ketones is 1. The van der Waals surface area contributed by atoms with Crippen LogP contribution in [-0.4, -0.2) is 19.5 Å². The number of carbonyl (C=O) groups is 1. The lowest BCUT2D eigenvalue weighted by molar-refractivity contribution is 0.104. The fourth-order valence-corrected chi connectivity index (χ4v) is 3.39. The molecule has 1 aliphatic heterocycles. The lowest BCUT2D eigenvalue weighted by atomic mass is 10.1. The minimum atomic E-state index is 0.0773. The molecule has 0 fully saturated rings. The molecule has 0 radical (unpaired) electrons. The molecule has 0 saturated heterocycles. The second-order valence-corrected chi connectivity index (χ2v) is 5.86. The summed E-state index contributed by atoms with van der Waals surface area (Å²) in [5.74, 6) is 1.46. The van der Waals surface area contributed by atoms with E-state index < -0.39 is 0 Å². The molecule has 1 aliphatic rings. The topological polar surface area (TPSA) is 35.5 Å². The van der Waals surface area contributed by atoms with E-state index in [2.05, 4.69) is 0 Å². The molecule has 1 heterocycles. The van der Waals surface area contributed by atoms with E-state index in [1.807, 2.05) is 55.5 Å². The lowest BCUT2D eigenvalue weighted by Gasteiger charge is -2.09. The zero-order valence-electron chi connectivity index (χ0n) is 12.5. The van der Waals surface area contributed by atoms with Gasteiger partial charge in [0.1, 0.15) is 0 Å². The largest absolute Gasteiger partial charge is 0.493 e. The van der Waals surface area contributed by atoms with Crippen LogP contribution in [0.2, 0.25) is 0 Å². The van der Waals surface area contributed by atoms with Gasteiger partial charge < -0.3 is 9.47 Å². The highest BCUT2D eigenvalue weighted by molar-refractivity contribution is 8.04. The van der Waals surface area contributed by atoms with Crippen molar-refractivity contribution in [3.63, 3.8) is 0 Å². The molecule has 112 valence electrons. The summed E-state index contributed by atoms with van der Waals surface area (Å²) in [5, 5.41) is 0. The van der Waals surface area contributed by atoms with E-state index in [9.17, 15) is 4.79 Å². The van der Waals surface area contributed by atoms with Crippen molar-refractivity contribution in [3.05, 3.63) is 58.5 Å². The monoisotopic (exact) mass is 312 g/mol. The molecule has 0 atom stereocenters. The first-order valence-corrected chi connectivity index (χ1v) is 7.88. The van der Waals surface area contributed by atoms with Crippen LogP contribution in [0.4, 0.5) is 0 Å². The Labute approximate surface area is 133 Å². The summed E-state index contributed by atoms with van der Waals surface area (Å²) in [5.41, 5.74) is 1.70. The van der Waals surface area contributed by atoms with Gasteiger partial charge in [0.25, 0.3) is 0 Å². The van der Waals surface area contributed by atoms with E-state index in [-0.39, 0.29) is 5.78 Å². The Morgan fingerprint density at radius 1 is 1.14 bits per heavy atom. The number of rotatable bonds is 4. The summed E-state index contributed by atoms with van der Waals surface area (Å²) in [6, 6.07) is 13.3. The van der Waals surface area contributed by atoms with Gasteiger partial charge in [-0.3, -0.25) is 4.79 Å². The van der Waals surface area contributed by atoms with Gasteiger partial charge in [-0.15, -0.1) is 0 Å². The smallest absolute Gasteiger partial charge is 0.200 e. The summed E-state index contributed by atoms with van der Waals surface area (Å²) in [6.07, 6.45) is 1.89. The Morgan fingerprint density at radius 3 is 2.68 bits per heavy atom. The van der Waals surface area contributed by atoms with E-state index in [1.54, 1.807) is 7.11 Å². The third kappa shape index (κ3) is 2.74. The molecule has 2 aromatic rings. The summed E-state index contributed by atoms with van der Waals surface area (Å²) < 4.78 is 10.9. The van der Waals surface area contributed by atoms with Gasteiger partial charge in [0.05, 0.1) is 18.6 Å². The first-order chi connectivity index (χ1) is 10.7. The fraction of sp³-hybridized carbons (Fsp3) is 0.167. The van der Waals surface area contributed by atoms with Gasteiger partial charge in [0, 0.05) is 10.5 Å². The Bertz CT molecular complexity index is 750. The van der Waals surface area contributed by atoms with Crippen LogP contribution in [0, 0.1) is 0 Å². The molecular formula is C18H16O3S. The molecular weight excluding hydrogens is 296 g/mol. The molecule has 22 heavy (non-hydrogen) atoms. The average Bonchev–Trinajstić information content (AvgIpc) is 2.85. The first kappa shape index (κ1) is 14.7. The van der Waals surface area contributed by atoms with Gasteiger partial charge in [-0.25, -0.2) is 0 Å². The number of benzene rings is 2. The molecule has 0 amide bonds. The van der Waals surface area contributed by atoms with Gasteiger partial charge in [0.15, 0.2) is 11.5 Å². The molecule has 0 saturated carbocycles. The predicted molar refractivity (Wildman–Crippen MR) is 88.8 cm³/mol. The maximum Gasteiger partial charge on any atom is 0.200 e. The highest BCUT2D eigenvalue weighted by Crippen LogP contribution is 2.41. The third-order valence-electron chi connectivity index (χ3n) is 3.36. The number of allylic oxidation sites excluding steroid dienone is 1. The quantitative estimate of drug-likeness (QED) is 0.783. The second-order valence-electron chi connectivity index (χ2n) is 4.78. The normalized spacial score (nSPS) is 15.0. The number of fused-ring (bicyclic) bond motifs is 1. The number of thioether (sulfide) groups is 1. The third-order valence-corrected chi connectivity index (χ3v) is 4.46. The van der Waals surface area contributed by atoms with Gasteiger partial charge in [0.2, 0.25) is 5.78 Å². The standard InChI is InChI=1S/C18H16O3S/c1-3-21-14-9-8-12(10-15(14)20-2)11-17-18(19)13-6-4-5-7-16(13)22-17/h4-11H,3H2,1-2H3/b17-11+. The van der Waals surface area contributed by atoms with E-state index in [1.165, 1.54) is 11.8 Å². The number of methoxy groups -OCH3 is 1. The Balaban J connectivity index is 1.92. The molecule has 0 bridgehead atoms. The van der Waals surface area contributed by atoms with Crippen molar-refractivity contribution >= 4 is 23.6 Å². The van der Waals surface area contributed by atoms with E-state index in [0.29, 0.717) is 18.1 Å². The SMILES string of the molecule is CCOc1ccc(/C=C2/Sc3ccccc3C2=O)cc1OC. The Hall–Kier alpha value is -2.20. The van der Waals surface area contributed by atoms with Crippen molar-refractivity contribution in [2.75, 3.05) is 13.7 Å². The highest BCUT2D eigenvalue weighted by atomic mass is 32.2. The number of hydrogen-bond acceptors (Lipinski definition) is 4. The molecule has 3 rings (SSSR count). The van der Waals surface area contributed by atoms with E-state index >= 15 is 0 Å². The van der Waals surface area contributed by atoms with Crippen LogP contribution in [0.15, 0.2) is 52.3 Å². The summed E-state index contributed by atoms with van der Waals surface area (Å²) in [6.45, 7) is 2.51. The van der Waals surface area contributed by atoms with Crippen LogP contribution in [0.3, 0.4) is 0 Å². The number of Topliss-reactive ketones (excluding diaryl/α,β-unsaturated/α-hetero) is 1. The molecule has 4 heteroatoms. The number of hydrogen-bond donors (Lipinski definition) is 0. The van der Waals surface area contributed by atoms with Gasteiger partial charge in [-0.05, 0) is 42.8 Å². The van der Waals surface area contributed by atoms with Gasteiger partial charge in [-0.2, -0.15) is 0 Å². The molecule has 3 nitrogen and oxygen atoms in total. The number of ether oxygens (including phenoxy) is 2. The maximum atomic E-state index is 12.4. The van der Waals surface area contributed by atoms with Crippen molar-refractivity contribution in [2.45, 2.75) is 11.8 Å². The van der Waals surface area contributed by atoms with Gasteiger partial charge >= 0.3 is 0 Å². The summed E-state index contributed by atoms with van der Waals surface area (Å²) >= 11 is 1.51. The minimum absolute atomic E-state index is 0.0773. The molecule has 2 aromatic carbocycles. The van der Waals surface area contributed by atoms with Crippen molar-refractivity contribution in [1.29, 1.82) is 0 Å². The average molecular weight is 312 g/mol. The summed E-state index contributed by atoms with van der Waals surface area (Å²) in [7, 11) is 1.61. The van der Waals surface area contributed by atoms with Crippen molar-refractivity contribution in [3.8, 4) is 11.5 Å². The Morgan fingerprint density at radius 2 is 1.95 bits per heavy atom. The van der Waals surface area contributed by atoms with Crippen molar-refractivity contribution in [2.24, 2.45) is 0 Å². The fourth-order valence-electron chi connectivity index (χ4n) is 2.34. The molecule has 0 unspecified atom stereocenters. The Kier molecular flexibility index (Phi) is 4.20. The van der Waals surface area contributed by atoms with Crippen LogP contribution in [0.25, 0.3) is 6.08 Å². The van der Waals surface area contributed by atoms with E-state index in [0.717, 1.165) is 20.9 Å². The lowest BCUT2D eigenvalue weighted by Crippen LogP contribution is -1.96. The van der Waals surface area contributed by atoms with Crippen LogP contribution >= 0.6 is 11.8 Å². The number of carbonyl (C=O) groups excluding carboxylic acids is 1. The zero-order valence-corrected chi connectivity index (χ0v) is 13.3. The van der Waals surface area contributed by atoms with Crippen LogP contribution < -0.4 is 9.47 Å². The van der Waals surface area contributed by atoms with Crippen LogP contribution in [0.5, 0.6) is 11.5 Å². The first-order valence-electron chi connectivity index (χ1n) is 7.07. The van der Waals surface area contributed by atoms with Crippen molar-refractivity contribution < 1.29 is 14.3 Å². The van der Waals surface area contributed by atoms with Gasteiger partial charge in [-0.1, -0.05) is 30.0 Å².